The molecule has 0 spiro atoms. The van der Waals surface area contributed by atoms with E-state index in [9.17, 15) is 4.79 Å². The molecule has 1 N–H and O–H groups in total. The maximum absolute atomic E-state index is 12.3. The summed E-state index contributed by atoms with van der Waals surface area (Å²) in [5, 5.41) is 2.95. The summed E-state index contributed by atoms with van der Waals surface area (Å²) in [6.45, 7) is 3.23. The Morgan fingerprint density at radius 1 is 1.15 bits per heavy atom. The molecule has 0 saturated carbocycles. The van der Waals surface area contributed by atoms with Crippen LogP contribution in [-0.4, -0.2) is 34.5 Å². The van der Waals surface area contributed by atoms with Gasteiger partial charge in [-0.25, -0.2) is 9.97 Å². The Hall–Kier alpha value is -3.15. The van der Waals surface area contributed by atoms with Crippen LogP contribution >= 0.6 is 0 Å². The van der Waals surface area contributed by atoms with Gasteiger partial charge in [0.1, 0.15) is 11.6 Å². The highest BCUT2D eigenvalue weighted by Crippen LogP contribution is 2.10. The monoisotopic (exact) mass is 349 g/mol. The number of aryl methyl sites for hydroxylation is 1. The minimum atomic E-state index is -0.126. The first-order valence-electron chi connectivity index (χ1n) is 8.50. The van der Waals surface area contributed by atoms with E-state index in [4.69, 9.17) is 0 Å². The van der Waals surface area contributed by atoms with Crippen LogP contribution in [0.25, 0.3) is 0 Å². The normalized spacial score (nSPS) is 10.6. The lowest BCUT2D eigenvalue weighted by molar-refractivity contribution is 0.0950. The van der Waals surface area contributed by atoms with E-state index in [1.165, 1.54) is 5.56 Å². The maximum Gasteiger partial charge on any atom is 0.253 e. The summed E-state index contributed by atoms with van der Waals surface area (Å²) in [6, 6.07) is 11.8. The number of nitrogens with one attached hydrogen (secondary N) is 1. The molecule has 1 amide bonds. The molecule has 0 atom stereocenters. The highest BCUT2D eigenvalue weighted by atomic mass is 16.1. The zero-order valence-corrected chi connectivity index (χ0v) is 15.3. The third kappa shape index (κ3) is 4.27. The van der Waals surface area contributed by atoms with E-state index in [0.717, 1.165) is 23.8 Å². The van der Waals surface area contributed by atoms with E-state index in [1.807, 2.05) is 50.3 Å². The van der Waals surface area contributed by atoms with Crippen molar-refractivity contribution in [2.24, 2.45) is 0 Å². The van der Waals surface area contributed by atoms with Crippen LogP contribution in [0, 0.1) is 6.92 Å². The third-order valence-electron chi connectivity index (χ3n) is 4.19. The van der Waals surface area contributed by atoms with Crippen molar-refractivity contribution in [3.63, 3.8) is 0 Å². The summed E-state index contributed by atoms with van der Waals surface area (Å²) >= 11 is 0. The molecule has 0 aliphatic heterocycles. The Morgan fingerprint density at radius 2 is 1.96 bits per heavy atom. The molecule has 0 fully saturated rings. The Kier molecular flexibility index (Phi) is 5.31. The number of benzene rings is 1. The maximum atomic E-state index is 12.3. The van der Waals surface area contributed by atoms with E-state index in [1.54, 1.807) is 18.5 Å². The zero-order chi connectivity index (χ0) is 18.5. The number of anilines is 1. The lowest BCUT2D eigenvalue weighted by atomic mass is 10.1. The van der Waals surface area contributed by atoms with Gasteiger partial charge < -0.3 is 14.8 Å². The second-order valence-corrected chi connectivity index (χ2v) is 6.40. The molecule has 0 unspecified atom stereocenters. The topological polar surface area (TPSA) is 63.1 Å². The van der Waals surface area contributed by atoms with Crippen LogP contribution in [0.15, 0.2) is 55.0 Å². The van der Waals surface area contributed by atoms with Gasteiger partial charge in [-0.3, -0.25) is 4.79 Å². The average molecular weight is 349 g/mol. The quantitative estimate of drug-likeness (QED) is 0.743. The average Bonchev–Trinajstić information content (AvgIpc) is 3.05. The first-order chi connectivity index (χ1) is 12.5. The van der Waals surface area contributed by atoms with Gasteiger partial charge in [0.15, 0.2) is 0 Å². The molecule has 1 aromatic carbocycles. The number of nitrogens with zero attached hydrogens (tertiary/aromatic N) is 4. The number of rotatable bonds is 6. The van der Waals surface area contributed by atoms with E-state index < -0.39 is 0 Å². The van der Waals surface area contributed by atoms with Crippen LogP contribution in [0.3, 0.4) is 0 Å². The zero-order valence-electron chi connectivity index (χ0n) is 15.3. The second kappa shape index (κ2) is 7.82. The summed E-state index contributed by atoms with van der Waals surface area (Å²) in [5.41, 5.74) is 2.79. The van der Waals surface area contributed by atoms with Crippen molar-refractivity contribution in [3.8, 4) is 0 Å². The molecule has 2 aromatic heterocycles. The highest BCUT2D eigenvalue weighted by molar-refractivity contribution is 5.94. The van der Waals surface area contributed by atoms with Gasteiger partial charge in [0.25, 0.3) is 5.91 Å². The first-order valence-corrected chi connectivity index (χ1v) is 8.50. The number of amides is 1. The molecule has 6 nitrogen and oxygen atoms in total. The van der Waals surface area contributed by atoms with E-state index in [-0.39, 0.29) is 5.91 Å². The molecule has 0 radical (unpaired) electrons. The van der Waals surface area contributed by atoms with Crippen molar-refractivity contribution >= 4 is 11.7 Å². The van der Waals surface area contributed by atoms with Gasteiger partial charge in [0.2, 0.25) is 0 Å². The van der Waals surface area contributed by atoms with Crippen LogP contribution < -0.4 is 10.2 Å². The number of carbonyl (C=O) groups excluding carboxylic acids is 1. The smallest absolute Gasteiger partial charge is 0.253 e. The largest absolute Gasteiger partial charge is 0.363 e. The Balaban J connectivity index is 1.61. The molecule has 6 heteroatoms. The number of pyridine rings is 1. The van der Waals surface area contributed by atoms with Gasteiger partial charge in [-0.05, 0) is 30.2 Å². The molecule has 0 bridgehead atoms. The number of imidazole rings is 1. The van der Waals surface area contributed by atoms with Gasteiger partial charge in [0, 0.05) is 45.8 Å². The van der Waals surface area contributed by atoms with Gasteiger partial charge in [-0.1, -0.05) is 24.3 Å². The summed E-state index contributed by atoms with van der Waals surface area (Å²) in [4.78, 5) is 22.7. The fourth-order valence-electron chi connectivity index (χ4n) is 2.67. The predicted molar refractivity (Wildman–Crippen MR) is 102 cm³/mol. The number of carbonyl (C=O) groups is 1. The second-order valence-electron chi connectivity index (χ2n) is 6.40. The summed E-state index contributed by atoms with van der Waals surface area (Å²) in [6.07, 6.45) is 5.37. The van der Waals surface area contributed by atoms with Crippen molar-refractivity contribution in [2.45, 2.75) is 20.0 Å². The minimum absolute atomic E-state index is 0.126. The molecule has 0 aliphatic carbocycles. The molecule has 2 heterocycles. The van der Waals surface area contributed by atoms with Crippen LogP contribution in [-0.2, 0) is 13.1 Å². The van der Waals surface area contributed by atoms with Crippen LogP contribution in [0.2, 0.25) is 0 Å². The van der Waals surface area contributed by atoms with Crippen LogP contribution in [0.4, 0.5) is 5.82 Å². The molecule has 3 aromatic rings. The van der Waals surface area contributed by atoms with Gasteiger partial charge in [-0.15, -0.1) is 0 Å². The van der Waals surface area contributed by atoms with Crippen molar-refractivity contribution in [2.75, 3.05) is 19.0 Å². The molecule has 0 aliphatic rings. The standard InChI is InChI=1S/C20H23N5O/c1-15-21-9-10-25(15)14-17-6-4-5-16(11-17)12-23-20(26)18-7-8-19(22-13-18)24(2)3/h4-11,13H,12,14H2,1-3H3,(H,23,26). The van der Waals surface area contributed by atoms with E-state index in [0.29, 0.717) is 12.1 Å². The number of aromatic nitrogens is 3. The first kappa shape index (κ1) is 17.7. The van der Waals surface area contributed by atoms with Crippen molar-refractivity contribution < 1.29 is 4.79 Å². The predicted octanol–water partition coefficient (Wildman–Crippen LogP) is 2.63. The number of hydrogen-bond donors (Lipinski definition) is 1. The number of hydrogen-bond acceptors (Lipinski definition) is 4. The van der Waals surface area contributed by atoms with Gasteiger partial charge in [-0.2, -0.15) is 0 Å². The molecule has 3 rings (SSSR count). The minimum Gasteiger partial charge on any atom is -0.363 e. The lowest BCUT2D eigenvalue weighted by Gasteiger charge is -2.11. The van der Waals surface area contributed by atoms with Crippen LogP contribution in [0.1, 0.15) is 27.3 Å². The summed E-state index contributed by atoms with van der Waals surface area (Å²) < 4.78 is 2.09. The van der Waals surface area contributed by atoms with Crippen molar-refractivity contribution in [3.05, 3.63) is 77.5 Å². The van der Waals surface area contributed by atoms with Crippen molar-refractivity contribution in [1.82, 2.24) is 19.9 Å². The molecule has 0 saturated heterocycles. The van der Waals surface area contributed by atoms with Crippen LogP contribution in [0.5, 0.6) is 0 Å². The summed E-state index contributed by atoms with van der Waals surface area (Å²) in [7, 11) is 3.83. The molecular weight excluding hydrogens is 326 g/mol. The molecule has 134 valence electrons. The third-order valence-corrected chi connectivity index (χ3v) is 4.19. The summed E-state index contributed by atoms with van der Waals surface area (Å²) in [5.74, 6) is 1.68. The molecule has 26 heavy (non-hydrogen) atoms. The Labute approximate surface area is 153 Å². The Bertz CT molecular complexity index is 883. The van der Waals surface area contributed by atoms with E-state index >= 15 is 0 Å². The van der Waals surface area contributed by atoms with E-state index in [2.05, 4.69) is 32.0 Å². The lowest BCUT2D eigenvalue weighted by Crippen LogP contribution is -2.23. The molecular formula is C20H23N5O. The van der Waals surface area contributed by atoms with Gasteiger partial charge >= 0.3 is 0 Å². The highest BCUT2D eigenvalue weighted by Gasteiger charge is 2.07. The Morgan fingerprint density at radius 3 is 2.62 bits per heavy atom. The fourth-order valence-corrected chi connectivity index (χ4v) is 2.67. The van der Waals surface area contributed by atoms with Gasteiger partial charge in [0.05, 0.1) is 5.56 Å². The SMILES string of the molecule is Cc1nccn1Cc1cccc(CNC(=O)c2ccc(N(C)C)nc2)c1. The van der Waals surface area contributed by atoms with Crippen molar-refractivity contribution in [1.29, 1.82) is 0 Å². The fraction of sp³-hybridized carbons (Fsp3) is 0.250.